The summed E-state index contributed by atoms with van der Waals surface area (Å²) in [5.41, 5.74) is 0.669. The highest BCUT2D eigenvalue weighted by molar-refractivity contribution is 7.84. The summed E-state index contributed by atoms with van der Waals surface area (Å²) in [4.78, 5) is 15.2. The van der Waals surface area contributed by atoms with Crippen LogP contribution in [0.15, 0.2) is 16.2 Å². The van der Waals surface area contributed by atoms with Gasteiger partial charge in [0.05, 0.1) is 5.52 Å². The van der Waals surface area contributed by atoms with Crippen molar-refractivity contribution in [3.8, 4) is 0 Å². The monoisotopic (exact) mass is 288 g/mol. The number of rotatable bonds is 3. The molecule has 4 nitrogen and oxygen atoms in total. The lowest BCUT2D eigenvalue weighted by Gasteiger charge is -2.10. The van der Waals surface area contributed by atoms with Gasteiger partial charge in [0.15, 0.2) is 4.77 Å². The average Bonchev–Trinajstić information content (AvgIpc) is 2.71. The zero-order valence-electron chi connectivity index (χ0n) is 9.43. The van der Waals surface area contributed by atoms with Gasteiger partial charge in [0, 0.05) is 28.9 Å². The summed E-state index contributed by atoms with van der Waals surface area (Å²) in [6.45, 7) is 2.22. The van der Waals surface area contributed by atoms with Gasteiger partial charge in [-0.2, -0.15) is 0 Å². The molecule has 0 saturated carbocycles. The molecule has 1 N–H and O–H groups in total. The van der Waals surface area contributed by atoms with E-state index in [0.717, 1.165) is 5.52 Å². The van der Waals surface area contributed by atoms with E-state index in [-0.39, 0.29) is 10.8 Å². The normalized spacial score (nSPS) is 14.9. The minimum atomic E-state index is -0.968. The van der Waals surface area contributed by atoms with Crippen molar-refractivity contribution in [2.24, 2.45) is 0 Å². The number of hydrogen-bond acceptors (Lipinski definition) is 4. The van der Waals surface area contributed by atoms with Gasteiger partial charge in [-0.25, -0.2) is 0 Å². The second-order valence-corrected chi connectivity index (χ2v) is 6.92. The smallest absolute Gasteiger partial charge is 0.272 e. The van der Waals surface area contributed by atoms with Gasteiger partial charge < -0.3 is 4.98 Å². The molecule has 0 fully saturated rings. The molecule has 2 atom stereocenters. The number of nitrogens with one attached hydrogen (secondary N) is 1. The Balaban J connectivity index is 2.57. The van der Waals surface area contributed by atoms with Gasteiger partial charge in [0.25, 0.3) is 5.56 Å². The number of fused-ring (bicyclic) bond motifs is 1. The largest absolute Gasteiger partial charge is 0.331 e. The summed E-state index contributed by atoms with van der Waals surface area (Å²) in [5.74, 6) is 0. The minimum Gasteiger partial charge on any atom is -0.331 e. The molecule has 0 aliphatic rings. The number of aromatic amines is 1. The van der Waals surface area contributed by atoms with Crippen molar-refractivity contribution in [2.75, 3.05) is 6.26 Å². The molecule has 7 heteroatoms. The summed E-state index contributed by atoms with van der Waals surface area (Å²) < 4.78 is 13.9. The predicted molar refractivity (Wildman–Crippen MR) is 74.8 cm³/mol. The van der Waals surface area contributed by atoms with Crippen LogP contribution in [0.2, 0.25) is 0 Å². The van der Waals surface area contributed by atoms with E-state index < -0.39 is 10.8 Å². The van der Waals surface area contributed by atoms with E-state index in [0.29, 0.717) is 16.0 Å². The first kappa shape index (κ1) is 12.7. The summed E-state index contributed by atoms with van der Waals surface area (Å²) >= 11 is 6.54. The van der Waals surface area contributed by atoms with Crippen molar-refractivity contribution >= 4 is 44.6 Å². The molecule has 0 aliphatic carbocycles. The molecule has 17 heavy (non-hydrogen) atoms. The van der Waals surface area contributed by atoms with Crippen LogP contribution in [0.5, 0.6) is 0 Å². The van der Waals surface area contributed by atoms with E-state index in [9.17, 15) is 9.00 Å². The van der Waals surface area contributed by atoms with Crippen LogP contribution < -0.4 is 5.56 Å². The lowest BCUT2D eigenvalue weighted by atomic mass is 10.4. The number of nitrogens with zero attached hydrogens (tertiary/aromatic N) is 1. The summed E-state index contributed by atoms with van der Waals surface area (Å²) in [6, 6.07) is 1.84. The molecule has 2 heterocycles. The fraction of sp³-hybridized carbons (Fsp3) is 0.400. The molecule has 2 aromatic heterocycles. The Hall–Kier alpha value is -0.790. The van der Waals surface area contributed by atoms with Crippen molar-refractivity contribution in [3.05, 3.63) is 26.6 Å². The molecule has 0 amide bonds. The first-order chi connectivity index (χ1) is 8.00. The third kappa shape index (κ3) is 2.41. The Morgan fingerprint density at radius 2 is 2.35 bits per heavy atom. The highest BCUT2D eigenvalue weighted by Gasteiger charge is 2.12. The molecular formula is C10H12N2O2S3. The molecule has 0 radical (unpaired) electrons. The second-order valence-electron chi connectivity index (χ2n) is 3.82. The standard InChI is InChI=1S/C10H12N2O2S3/c1-6(17(2)14)5-12-9(13)8-7(3-4-16-8)11-10(12)15/h3-4,6H,5H2,1-2H3,(H,11,15). The van der Waals surface area contributed by atoms with Crippen LogP contribution in [0.3, 0.4) is 0 Å². The van der Waals surface area contributed by atoms with E-state index in [1.54, 1.807) is 6.26 Å². The first-order valence-electron chi connectivity index (χ1n) is 5.03. The fourth-order valence-corrected chi connectivity index (χ4v) is 2.92. The Morgan fingerprint density at radius 3 is 3.00 bits per heavy atom. The quantitative estimate of drug-likeness (QED) is 0.878. The Kier molecular flexibility index (Phi) is 3.60. The van der Waals surface area contributed by atoms with Crippen LogP contribution in [-0.2, 0) is 17.3 Å². The van der Waals surface area contributed by atoms with Crippen LogP contribution in [0.1, 0.15) is 6.92 Å². The number of thiophene rings is 1. The maximum Gasteiger partial charge on any atom is 0.272 e. The third-order valence-corrected chi connectivity index (χ3v) is 5.10. The first-order valence-corrected chi connectivity index (χ1v) is 7.94. The summed E-state index contributed by atoms with van der Waals surface area (Å²) in [5, 5.41) is 1.75. The number of aromatic nitrogens is 2. The predicted octanol–water partition coefficient (Wildman–Crippen LogP) is 1.89. The second kappa shape index (κ2) is 4.83. The molecule has 92 valence electrons. The van der Waals surface area contributed by atoms with E-state index in [1.807, 2.05) is 18.4 Å². The van der Waals surface area contributed by atoms with E-state index >= 15 is 0 Å². The third-order valence-electron chi connectivity index (χ3n) is 2.60. The molecule has 2 unspecified atom stereocenters. The molecular weight excluding hydrogens is 276 g/mol. The molecule has 2 aromatic rings. The molecule has 0 bridgehead atoms. The van der Waals surface area contributed by atoms with Crippen molar-refractivity contribution < 1.29 is 4.21 Å². The van der Waals surface area contributed by atoms with Gasteiger partial charge in [-0.3, -0.25) is 13.6 Å². The van der Waals surface area contributed by atoms with Crippen molar-refractivity contribution in [1.29, 1.82) is 0 Å². The zero-order valence-corrected chi connectivity index (χ0v) is 11.9. The zero-order chi connectivity index (χ0) is 12.6. The van der Waals surface area contributed by atoms with Crippen LogP contribution in [0.4, 0.5) is 0 Å². The van der Waals surface area contributed by atoms with Gasteiger partial charge in [-0.1, -0.05) is 0 Å². The van der Waals surface area contributed by atoms with Crippen LogP contribution >= 0.6 is 23.6 Å². The molecule has 0 spiro atoms. The minimum absolute atomic E-state index is 0.0970. The Morgan fingerprint density at radius 1 is 1.65 bits per heavy atom. The Labute approximate surface area is 110 Å². The van der Waals surface area contributed by atoms with Gasteiger partial charge in [-0.05, 0) is 30.6 Å². The van der Waals surface area contributed by atoms with Gasteiger partial charge >= 0.3 is 0 Å². The summed E-state index contributed by atoms with van der Waals surface area (Å²) in [7, 11) is -0.968. The van der Waals surface area contributed by atoms with E-state index in [4.69, 9.17) is 12.2 Å². The van der Waals surface area contributed by atoms with Crippen LogP contribution in [0.25, 0.3) is 10.2 Å². The maximum absolute atomic E-state index is 12.2. The van der Waals surface area contributed by atoms with Gasteiger partial charge in [0.2, 0.25) is 0 Å². The number of H-pyrrole nitrogens is 1. The Bertz CT molecular complexity index is 683. The van der Waals surface area contributed by atoms with E-state index in [2.05, 4.69) is 4.98 Å². The fourth-order valence-electron chi connectivity index (χ4n) is 1.50. The van der Waals surface area contributed by atoms with Crippen LogP contribution in [0, 0.1) is 4.77 Å². The van der Waals surface area contributed by atoms with Crippen molar-refractivity contribution in [1.82, 2.24) is 9.55 Å². The highest BCUT2D eigenvalue weighted by Crippen LogP contribution is 2.14. The maximum atomic E-state index is 12.2. The topological polar surface area (TPSA) is 54.9 Å². The van der Waals surface area contributed by atoms with E-state index in [1.165, 1.54) is 15.9 Å². The summed E-state index contributed by atoms with van der Waals surface area (Å²) in [6.07, 6.45) is 1.63. The average molecular weight is 288 g/mol. The van der Waals surface area contributed by atoms with Gasteiger partial charge in [0.1, 0.15) is 4.70 Å². The molecule has 0 aromatic carbocycles. The van der Waals surface area contributed by atoms with Crippen molar-refractivity contribution in [3.63, 3.8) is 0 Å². The highest BCUT2D eigenvalue weighted by atomic mass is 32.2. The number of hydrogen-bond donors (Lipinski definition) is 1. The van der Waals surface area contributed by atoms with Crippen LogP contribution in [-0.4, -0.2) is 25.3 Å². The van der Waals surface area contributed by atoms with Gasteiger partial charge in [-0.15, -0.1) is 11.3 Å². The SMILES string of the molecule is CC(Cn1c(=S)[nH]c2ccsc2c1=O)S(C)=O. The lowest BCUT2D eigenvalue weighted by Crippen LogP contribution is -2.28. The molecule has 0 saturated heterocycles. The lowest BCUT2D eigenvalue weighted by molar-refractivity contribution is 0.622. The molecule has 2 rings (SSSR count). The molecule has 0 aliphatic heterocycles. The van der Waals surface area contributed by atoms with Crippen molar-refractivity contribution in [2.45, 2.75) is 18.7 Å².